The molecule has 0 bridgehead atoms. The molecule has 10 unspecified atom stereocenters. The molecule has 0 aromatic carbocycles. The third-order valence-corrected chi connectivity index (χ3v) is 30.7. The van der Waals surface area contributed by atoms with Crippen molar-refractivity contribution in [2.24, 2.45) is 0 Å². The van der Waals surface area contributed by atoms with E-state index in [4.69, 9.17) is 0 Å². The molecule has 18 nitrogen and oxygen atoms in total. The molecule has 0 rings (SSSR count). The van der Waals surface area contributed by atoms with Crippen LogP contribution in [-0.2, 0) is 0 Å². The highest BCUT2D eigenvalue weighted by Crippen LogP contribution is 2.23. The van der Waals surface area contributed by atoms with Crippen molar-refractivity contribution in [3.63, 3.8) is 0 Å². The van der Waals surface area contributed by atoms with Gasteiger partial charge in [0.25, 0.3) is 0 Å². The Morgan fingerprint density at radius 3 is 0.389 bits per heavy atom. The summed E-state index contributed by atoms with van der Waals surface area (Å²) in [5.74, 6) is 0. The minimum absolute atomic E-state index is 0.331. The first kappa shape index (κ1) is 145. The minimum atomic E-state index is -0.475. The van der Waals surface area contributed by atoms with E-state index in [-0.39, 0.29) is 12.2 Å². The largest absolute Gasteiger partial charge is 0.392 e. The van der Waals surface area contributed by atoms with Gasteiger partial charge in [0.15, 0.2) is 0 Å². The van der Waals surface area contributed by atoms with Crippen LogP contribution in [0.2, 0.25) is 0 Å². The van der Waals surface area contributed by atoms with Gasteiger partial charge in [0.2, 0.25) is 0 Å². The van der Waals surface area contributed by atoms with Crippen molar-refractivity contribution in [2.45, 2.75) is 670 Å². The zero-order valence-electron chi connectivity index (χ0n) is 98.9. The van der Waals surface area contributed by atoms with Crippen molar-refractivity contribution in [1.29, 1.82) is 0 Å². The topological polar surface area (TPSA) is 246 Å². The SMILES string of the molecule is CCCCCCCCCCCCCCC(O)CNCCN(CCN(CC(C)O)CC(O)CCCCCCCCCCCCCC)CCN(CC(C)O)CC(O)CCCCCCCCCCCCCC.CCCCCCCCCCCCCCCCC(O)CNCCN(CCN(CC(C)O)CC(O)CCCCCCCCCCCCCCCC)CCN(CC(C)O)CC(O)CCCCCCCCCCCCCCCC. The second-order valence-corrected chi connectivity index (χ2v) is 46.6. The maximum absolute atomic E-state index is 11.2. The summed E-state index contributed by atoms with van der Waals surface area (Å²) in [7, 11) is 0. The van der Waals surface area contributed by atoms with Gasteiger partial charge in [0, 0.05) is 144 Å². The van der Waals surface area contributed by atoms with Crippen molar-refractivity contribution >= 4 is 0 Å². The lowest BCUT2D eigenvalue weighted by atomic mass is 10.0. The third kappa shape index (κ3) is 115. The van der Waals surface area contributed by atoms with Crippen LogP contribution in [0.1, 0.15) is 609 Å². The number of hydrogen-bond donors (Lipinski definition) is 12. The van der Waals surface area contributed by atoms with Crippen LogP contribution in [0, 0.1) is 0 Å². The monoisotopic (exact) mass is 2050 g/mol. The molecule has 0 radical (unpaired) electrons. The molecule has 12 N–H and O–H groups in total. The Bertz CT molecular complexity index is 2250. The van der Waals surface area contributed by atoms with Gasteiger partial charge in [-0.15, -0.1) is 0 Å². The van der Waals surface area contributed by atoms with Gasteiger partial charge >= 0.3 is 0 Å². The lowest BCUT2D eigenvalue weighted by Gasteiger charge is -2.32. The van der Waals surface area contributed by atoms with Crippen LogP contribution in [0.25, 0.3) is 0 Å². The number of unbranched alkanes of at least 4 members (excludes halogenated alkanes) is 72. The second-order valence-electron chi connectivity index (χ2n) is 46.6. The molecular weight excluding hydrogens is 1790 g/mol. The van der Waals surface area contributed by atoms with Crippen LogP contribution in [-0.4, -0.2) is 285 Å². The molecule has 0 aliphatic heterocycles. The van der Waals surface area contributed by atoms with E-state index in [1.165, 1.54) is 462 Å². The van der Waals surface area contributed by atoms with Crippen LogP contribution in [0.3, 0.4) is 0 Å². The van der Waals surface area contributed by atoms with Gasteiger partial charge in [-0.3, -0.25) is 29.4 Å². The van der Waals surface area contributed by atoms with E-state index in [9.17, 15) is 51.1 Å². The van der Waals surface area contributed by atoms with Crippen molar-refractivity contribution < 1.29 is 51.1 Å². The summed E-state index contributed by atoms with van der Waals surface area (Å²) in [6.45, 7) is 36.0. The highest BCUT2D eigenvalue weighted by atomic mass is 16.3. The Balaban J connectivity index is 0. The smallest absolute Gasteiger partial charge is 0.0667 e. The van der Waals surface area contributed by atoms with E-state index in [0.717, 1.165) is 156 Å². The van der Waals surface area contributed by atoms with Crippen molar-refractivity contribution in [1.82, 2.24) is 40.0 Å². The third-order valence-electron chi connectivity index (χ3n) is 30.7. The minimum Gasteiger partial charge on any atom is -0.392 e. The Hall–Kier alpha value is -0.720. The molecule has 0 aliphatic carbocycles. The van der Waals surface area contributed by atoms with Gasteiger partial charge in [-0.05, 0) is 66.2 Å². The van der Waals surface area contributed by atoms with Gasteiger partial charge in [-0.1, -0.05) is 542 Å². The van der Waals surface area contributed by atoms with Crippen LogP contribution in [0.4, 0.5) is 0 Å². The van der Waals surface area contributed by atoms with Crippen molar-refractivity contribution in [3.05, 3.63) is 0 Å². The summed E-state index contributed by atoms with van der Waals surface area (Å²) in [6.07, 6.45) is 104. The average Bonchev–Trinajstić information content (AvgIpc) is 0.934. The molecule has 868 valence electrons. The molecule has 0 spiro atoms. The number of aliphatic hydroxyl groups is 10. The number of aliphatic hydroxyl groups excluding tert-OH is 10. The molecule has 10 atom stereocenters. The van der Waals surface area contributed by atoms with Crippen molar-refractivity contribution in [2.75, 3.05) is 144 Å². The summed E-state index contributed by atoms with van der Waals surface area (Å²) >= 11 is 0. The number of nitrogens with zero attached hydrogens (tertiary/aromatic N) is 6. The van der Waals surface area contributed by atoms with Crippen LogP contribution < -0.4 is 10.6 Å². The Kier molecular flexibility index (Phi) is 119. The first-order valence-electron chi connectivity index (χ1n) is 64.8. The predicted octanol–water partition coefficient (Wildman–Crippen LogP) is 29.5. The molecule has 0 aromatic heterocycles. The summed E-state index contributed by atoms with van der Waals surface area (Å²) in [5, 5.41) is 115. The predicted molar refractivity (Wildman–Crippen MR) is 629 cm³/mol. The van der Waals surface area contributed by atoms with E-state index < -0.39 is 48.8 Å². The van der Waals surface area contributed by atoms with E-state index in [0.29, 0.717) is 65.4 Å². The maximum Gasteiger partial charge on any atom is 0.0667 e. The fraction of sp³-hybridized carbons (Fsp3) is 1.00. The maximum atomic E-state index is 11.2. The fourth-order valence-electron chi connectivity index (χ4n) is 21.5. The Morgan fingerprint density at radius 1 is 0.139 bits per heavy atom. The van der Waals surface area contributed by atoms with Crippen LogP contribution >= 0.6 is 0 Å². The summed E-state index contributed by atoms with van der Waals surface area (Å²) in [6, 6.07) is 0. The molecule has 0 amide bonds. The fourth-order valence-corrected chi connectivity index (χ4v) is 21.5. The lowest BCUT2D eigenvalue weighted by molar-refractivity contribution is 0.0545. The van der Waals surface area contributed by atoms with Gasteiger partial charge in [-0.25, -0.2) is 0 Å². The average molecular weight is 2050 g/mol. The molecule has 144 heavy (non-hydrogen) atoms. The number of rotatable bonds is 122. The second kappa shape index (κ2) is 118. The summed E-state index contributed by atoms with van der Waals surface area (Å²) < 4.78 is 0. The van der Waals surface area contributed by atoms with E-state index >= 15 is 0 Å². The van der Waals surface area contributed by atoms with Gasteiger partial charge < -0.3 is 61.7 Å². The van der Waals surface area contributed by atoms with Gasteiger partial charge in [0.1, 0.15) is 0 Å². The normalized spacial score (nSPS) is 14.3. The van der Waals surface area contributed by atoms with Gasteiger partial charge in [-0.2, -0.15) is 0 Å². The standard InChI is InChI=1S/C66H138N4O5.C60H126N4O5/c1-6-9-12-15-18-21-24-27-30-33-36-39-42-45-48-64(73)57-67-51-52-68(53-55-69(58-62(4)71)60-65(74)49-46-43-40-37-34-31-28-25-22-19-16-13-10-7-2)54-56-70(59-63(5)72)61-66(75)50-47-44-41-38-35-32-29-26-23-20-17-14-11-8-3;1-6-9-12-15-18-21-24-27-30-33-36-39-42-58(67)51-61-45-46-62(47-49-63(52-56(4)65)54-59(68)43-40-37-34-31-28-25-22-19-16-13-10-7-2)48-50-64(53-57(5)66)55-60(69)44-41-38-35-32-29-26-23-20-17-14-11-8-3/h62-67,71-75H,6-61H2,1-5H3;56-61,65-69H,6-55H2,1-5H3. The number of hydrogen-bond acceptors (Lipinski definition) is 18. The summed E-state index contributed by atoms with van der Waals surface area (Å²) in [4.78, 5) is 13.9. The molecule has 0 saturated carbocycles. The molecule has 0 fully saturated rings. The Labute approximate surface area is 899 Å². The number of nitrogens with one attached hydrogen (secondary N) is 2. The molecule has 18 heteroatoms. The zero-order valence-corrected chi connectivity index (χ0v) is 98.9. The zero-order chi connectivity index (χ0) is 106. The molecule has 0 aromatic rings. The van der Waals surface area contributed by atoms with Crippen LogP contribution in [0.5, 0.6) is 0 Å². The lowest BCUT2D eigenvalue weighted by Crippen LogP contribution is -2.47. The molecular formula is C126H264N8O10. The first-order valence-corrected chi connectivity index (χ1v) is 64.8. The highest BCUT2D eigenvalue weighted by molar-refractivity contribution is 4.79. The first-order chi connectivity index (χ1) is 70.2. The van der Waals surface area contributed by atoms with E-state index in [2.05, 4.69) is 81.6 Å². The summed E-state index contributed by atoms with van der Waals surface area (Å²) in [5.41, 5.74) is 0. The van der Waals surface area contributed by atoms with E-state index in [1.54, 1.807) is 0 Å². The highest BCUT2D eigenvalue weighted by Gasteiger charge is 2.23. The molecule has 0 aliphatic rings. The van der Waals surface area contributed by atoms with Crippen molar-refractivity contribution in [3.8, 4) is 0 Å². The molecule has 0 heterocycles. The van der Waals surface area contributed by atoms with Crippen LogP contribution in [0.15, 0.2) is 0 Å². The quantitative estimate of drug-likeness (QED) is 0.0253. The molecule has 0 saturated heterocycles. The van der Waals surface area contributed by atoms with Gasteiger partial charge in [0.05, 0.1) is 61.0 Å². The van der Waals surface area contributed by atoms with E-state index in [1.807, 2.05) is 27.7 Å². The Morgan fingerprint density at radius 2 is 0.257 bits per heavy atom.